The Labute approximate surface area is 236 Å². The predicted octanol–water partition coefficient (Wildman–Crippen LogP) is -4.75. The van der Waals surface area contributed by atoms with Crippen LogP contribution >= 0.6 is 0 Å². The van der Waals surface area contributed by atoms with Crippen LogP contribution in [-0.4, -0.2) is 118 Å². The fourth-order valence-electron chi connectivity index (χ4n) is 4.05. The third-order valence-electron chi connectivity index (χ3n) is 6.29. The zero-order chi connectivity index (χ0) is 31.4. The SMILES string of the molecule is CC(C)C[C@@H](NC(=O)[C@H](CC(N)=O)NC(=O)[C@@H](N)[C@@H](C)O)C(=O)NCC(=O)N1CCC[C@H]1C(=O)N[C@@H](CO)C(=O)O. The van der Waals surface area contributed by atoms with Gasteiger partial charge in [-0.15, -0.1) is 0 Å². The van der Waals surface area contributed by atoms with Gasteiger partial charge in [0.2, 0.25) is 35.4 Å². The molecule has 0 radical (unpaired) electrons. The number of carbonyl (C=O) groups is 7. The Balaban J connectivity index is 2.90. The van der Waals surface area contributed by atoms with Crippen LogP contribution in [0.3, 0.4) is 0 Å². The molecule has 0 aromatic rings. The number of rotatable bonds is 16. The van der Waals surface area contributed by atoms with E-state index < -0.39 is 97.3 Å². The van der Waals surface area contributed by atoms with E-state index in [0.29, 0.717) is 6.42 Å². The van der Waals surface area contributed by atoms with E-state index >= 15 is 0 Å². The van der Waals surface area contributed by atoms with Crippen LogP contribution in [0.5, 0.6) is 0 Å². The molecule has 41 heavy (non-hydrogen) atoms. The summed E-state index contributed by atoms with van der Waals surface area (Å²) in [5.74, 6) is -6.47. The van der Waals surface area contributed by atoms with E-state index in [1.807, 2.05) is 0 Å². The number of aliphatic hydroxyl groups excluding tert-OH is 2. The van der Waals surface area contributed by atoms with Crippen molar-refractivity contribution in [1.82, 2.24) is 26.2 Å². The number of nitrogens with two attached hydrogens (primary N) is 2. The molecule has 0 saturated carbocycles. The third kappa shape index (κ3) is 11.3. The maximum absolute atomic E-state index is 13.0. The average Bonchev–Trinajstić information content (AvgIpc) is 3.38. The summed E-state index contributed by atoms with van der Waals surface area (Å²) in [7, 11) is 0. The van der Waals surface area contributed by atoms with Gasteiger partial charge in [0, 0.05) is 6.54 Å². The van der Waals surface area contributed by atoms with E-state index in [2.05, 4.69) is 21.3 Å². The van der Waals surface area contributed by atoms with Crippen LogP contribution in [0.25, 0.3) is 0 Å². The fourth-order valence-corrected chi connectivity index (χ4v) is 4.05. The molecule has 0 bridgehead atoms. The highest BCUT2D eigenvalue weighted by atomic mass is 16.4. The summed E-state index contributed by atoms with van der Waals surface area (Å²) in [4.78, 5) is 87.3. The first kappa shape index (κ1) is 35.2. The van der Waals surface area contributed by atoms with Gasteiger partial charge in [0.1, 0.15) is 30.2 Å². The van der Waals surface area contributed by atoms with Crippen molar-refractivity contribution in [3.63, 3.8) is 0 Å². The Morgan fingerprint density at radius 3 is 2.05 bits per heavy atom. The number of primary amides is 1. The molecular formula is C24H41N7O10. The first-order valence-corrected chi connectivity index (χ1v) is 13.1. The zero-order valence-electron chi connectivity index (χ0n) is 23.3. The van der Waals surface area contributed by atoms with Crippen molar-refractivity contribution < 1.29 is 48.9 Å². The summed E-state index contributed by atoms with van der Waals surface area (Å²) in [5.41, 5.74) is 10.8. The number of nitrogens with one attached hydrogen (secondary N) is 4. The van der Waals surface area contributed by atoms with Crippen LogP contribution in [0.15, 0.2) is 0 Å². The van der Waals surface area contributed by atoms with Crippen molar-refractivity contribution in [3.05, 3.63) is 0 Å². The molecule has 1 heterocycles. The highest BCUT2D eigenvalue weighted by Gasteiger charge is 2.36. The maximum Gasteiger partial charge on any atom is 0.328 e. The Morgan fingerprint density at radius 2 is 1.54 bits per heavy atom. The highest BCUT2D eigenvalue weighted by Crippen LogP contribution is 2.17. The lowest BCUT2D eigenvalue weighted by Gasteiger charge is -2.27. The molecule has 0 spiro atoms. The number of likely N-dealkylation sites (tertiary alicyclic amines) is 1. The quantitative estimate of drug-likeness (QED) is 0.0826. The molecule has 1 saturated heterocycles. The number of carbonyl (C=O) groups excluding carboxylic acids is 6. The first-order chi connectivity index (χ1) is 19.1. The molecule has 1 rings (SSSR count). The number of hydrogen-bond acceptors (Lipinski definition) is 10. The molecule has 17 heteroatoms. The molecule has 6 atom stereocenters. The Morgan fingerprint density at radius 1 is 0.927 bits per heavy atom. The normalized spacial score (nSPS) is 18.4. The molecular weight excluding hydrogens is 546 g/mol. The van der Waals surface area contributed by atoms with Crippen LogP contribution < -0.4 is 32.7 Å². The van der Waals surface area contributed by atoms with Crippen molar-refractivity contribution in [2.45, 2.75) is 82.8 Å². The van der Waals surface area contributed by atoms with E-state index in [0.717, 1.165) is 0 Å². The van der Waals surface area contributed by atoms with Gasteiger partial charge in [0.15, 0.2) is 0 Å². The van der Waals surface area contributed by atoms with Crippen molar-refractivity contribution in [2.75, 3.05) is 19.7 Å². The van der Waals surface area contributed by atoms with Gasteiger partial charge < -0.3 is 53.0 Å². The molecule has 232 valence electrons. The van der Waals surface area contributed by atoms with Gasteiger partial charge in [-0.05, 0) is 32.1 Å². The largest absolute Gasteiger partial charge is 0.480 e. The summed E-state index contributed by atoms with van der Waals surface area (Å²) >= 11 is 0. The lowest BCUT2D eigenvalue weighted by molar-refractivity contribution is -0.145. The molecule has 11 N–H and O–H groups in total. The van der Waals surface area contributed by atoms with Gasteiger partial charge in [-0.2, -0.15) is 0 Å². The van der Waals surface area contributed by atoms with Gasteiger partial charge in [-0.1, -0.05) is 13.8 Å². The molecule has 1 aliphatic heterocycles. The molecule has 0 aromatic carbocycles. The molecule has 1 fully saturated rings. The number of carboxylic acid groups (broad SMARTS) is 1. The van der Waals surface area contributed by atoms with Gasteiger partial charge in [-0.3, -0.25) is 28.8 Å². The molecule has 6 amide bonds. The zero-order valence-corrected chi connectivity index (χ0v) is 23.3. The second-order valence-corrected chi connectivity index (χ2v) is 10.2. The highest BCUT2D eigenvalue weighted by molar-refractivity contribution is 5.97. The second kappa shape index (κ2) is 16.4. The Bertz CT molecular complexity index is 990. The topological polar surface area (TPSA) is 284 Å². The smallest absolute Gasteiger partial charge is 0.328 e. The minimum Gasteiger partial charge on any atom is -0.480 e. The first-order valence-electron chi connectivity index (χ1n) is 13.1. The maximum atomic E-state index is 13.0. The van der Waals surface area contributed by atoms with E-state index in [4.69, 9.17) is 21.7 Å². The number of amides is 6. The molecule has 17 nitrogen and oxygen atoms in total. The van der Waals surface area contributed by atoms with Crippen molar-refractivity contribution in [2.24, 2.45) is 17.4 Å². The second-order valence-electron chi connectivity index (χ2n) is 10.2. The van der Waals surface area contributed by atoms with Crippen LogP contribution in [0.1, 0.15) is 46.5 Å². The van der Waals surface area contributed by atoms with Crippen molar-refractivity contribution in [1.29, 1.82) is 0 Å². The van der Waals surface area contributed by atoms with Gasteiger partial charge >= 0.3 is 5.97 Å². The van der Waals surface area contributed by atoms with Crippen molar-refractivity contribution >= 4 is 41.4 Å². The summed E-state index contributed by atoms with van der Waals surface area (Å²) in [6.07, 6.45) is -1.05. The summed E-state index contributed by atoms with van der Waals surface area (Å²) in [5, 5.41) is 37.0. The number of hydrogen-bond donors (Lipinski definition) is 9. The number of carboxylic acids is 1. The lowest BCUT2D eigenvalue weighted by Crippen LogP contribution is -2.58. The van der Waals surface area contributed by atoms with Gasteiger partial charge in [0.25, 0.3) is 0 Å². The standard InChI is InChI=1S/C24H41N7O10/c1-11(2)7-13(28-21(37)14(8-17(25)34)29-23(39)19(26)12(3)33)20(36)27-9-18(35)31-6-4-5-16(31)22(38)30-15(10-32)24(40)41/h11-16,19,32-33H,4-10,26H2,1-3H3,(H2,25,34)(H,27,36)(H,28,37)(H,29,39)(H,30,38)(H,40,41)/t12-,13-,14+,15+,16+,19+/m1/s1. The summed E-state index contributed by atoms with van der Waals surface area (Å²) in [6.45, 7) is 3.60. The lowest BCUT2D eigenvalue weighted by atomic mass is 10.0. The van der Waals surface area contributed by atoms with Gasteiger partial charge in [0.05, 0.1) is 25.7 Å². The van der Waals surface area contributed by atoms with E-state index in [1.54, 1.807) is 13.8 Å². The fraction of sp³-hybridized carbons (Fsp3) is 0.708. The predicted molar refractivity (Wildman–Crippen MR) is 141 cm³/mol. The van der Waals surface area contributed by atoms with E-state index in [9.17, 15) is 38.7 Å². The van der Waals surface area contributed by atoms with Crippen LogP contribution in [0.2, 0.25) is 0 Å². The number of nitrogens with zero attached hydrogens (tertiary/aromatic N) is 1. The van der Waals surface area contributed by atoms with Crippen molar-refractivity contribution in [3.8, 4) is 0 Å². The minimum absolute atomic E-state index is 0.114. The minimum atomic E-state index is -1.54. The molecule has 1 aliphatic rings. The monoisotopic (exact) mass is 587 g/mol. The van der Waals surface area contributed by atoms with Gasteiger partial charge in [-0.25, -0.2) is 4.79 Å². The Kier molecular flexibility index (Phi) is 14.1. The molecule has 0 aromatic heterocycles. The van der Waals surface area contributed by atoms with Crippen LogP contribution in [-0.2, 0) is 33.6 Å². The van der Waals surface area contributed by atoms with Crippen LogP contribution in [0, 0.1) is 5.92 Å². The number of aliphatic carboxylic acids is 1. The third-order valence-corrected chi connectivity index (χ3v) is 6.29. The van der Waals surface area contributed by atoms with E-state index in [-0.39, 0.29) is 25.3 Å². The summed E-state index contributed by atoms with van der Waals surface area (Å²) < 4.78 is 0. The summed E-state index contributed by atoms with van der Waals surface area (Å²) in [6, 6.07) is -6.61. The Hall–Kier alpha value is -3.83. The van der Waals surface area contributed by atoms with Crippen LogP contribution in [0.4, 0.5) is 0 Å². The van der Waals surface area contributed by atoms with E-state index in [1.165, 1.54) is 11.8 Å². The molecule has 0 unspecified atom stereocenters. The molecule has 0 aliphatic carbocycles. The number of aliphatic hydroxyl groups is 2. The average molecular weight is 588 g/mol.